The highest BCUT2D eigenvalue weighted by molar-refractivity contribution is 5.86. The number of carbonyl (C=O) groups is 2. The summed E-state index contributed by atoms with van der Waals surface area (Å²) in [5.74, 6) is -0.285. The van der Waals surface area contributed by atoms with Crippen molar-refractivity contribution in [2.45, 2.75) is 59.2 Å². The van der Waals surface area contributed by atoms with Crippen LogP contribution in [0.3, 0.4) is 0 Å². The first kappa shape index (κ1) is 18.7. The summed E-state index contributed by atoms with van der Waals surface area (Å²) in [6, 6.07) is -0.752. The molecule has 2 amide bonds. The Kier molecular flexibility index (Phi) is 7.57. The van der Waals surface area contributed by atoms with E-state index in [-0.39, 0.29) is 17.9 Å². The highest BCUT2D eigenvalue weighted by Crippen LogP contribution is 2.09. The lowest BCUT2D eigenvalue weighted by Gasteiger charge is -2.26. The summed E-state index contributed by atoms with van der Waals surface area (Å²) in [6.07, 6.45) is -0.592. The highest BCUT2D eigenvalue weighted by Gasteiger charge is 2.27. The second-order valence-corrected chi connectivity index (χ2v) is 6.23. The number of hydrogen-bond acceptors (Lipinski definition) is 4. The molecule has 0 aromatic heterocycles. The lowest BCUT2D eigenvalue weighted by Crippen LogP contribution is -2.53. The molecule has 0 bridgehead atoms. The summed E-state index contributed by atoms with van der Waals surface area (Å²) in [5.41, 5.74) is -0.592. The van der Waals surface area contributed by atoms with Crippen molar-refractivity contribution in [1.29, 1.82) is 0 Å². The van der Waals surface area contributed by atoms with Gasteiger partial charge in [0.05, 0.1) is 6.61 Å². The number of methoxy groups -OCH3 is 1. The Morgan fingerprint density at radius 2 is 1.65 bits per heavy atom. The van der Waals surface area contributed by atoms with Gasteiger partial charge < -0.3 is 20.1 Å². The molecule has 0 radical (unpaired) electrons. The molecule has 0 rings (SSSR count). The van der Waals surface area contributed by atoms with Gasteiger partial charge in [0, 0.05) is 13.2 Å². The molecule has 2 atom stereocenters. The van der Waals surface area contributed by atoms with Crippen LogP contribution < -0.4 is 10.6 Å². The number of rotatable bonds is 6. The van der Waals surface area contributed by atoms with E-state index in [4.69, 9.17) is 9.47 Å². The molecule has 2 unspecified atom stereocenters. The second-order valence-electron chi connectivity index (χ2n) is 6.23. The van der Waals surface area contributed by atoms with E-state index in [2.05, 4.69) is 10.6 Å². The number of amides is 2. The maximum atomic E-state index is 12.1. The van der Waals surface area contributed by atoms with Crippen molar-refractivity contribution in [2.24, 2.45) is 5.92 Å². The molecule has 6 heteroatoms. The van der Waals surface area contributed by atoms with E-state index >= 15 is 0 Å². The van der Waals surface area contributed by atoms with Gasteiger partial charge in [-0.25, -0.2) is 4.79 Å². The Bertz CT molecular complexity index is 324. The first-order chi connectivity index (χ1) is 9.06. The van der Waals surface area contributed by atoms with Gasteiger partial charge in [0.2, 0.25) is 5.91 Å². The average Bonchev–Trinajstić information content (AvgIpc) is 2.22. The van der Waals surface area contributed by atoms with E-state index in [1.54, 1.807) is 27.9 Å². The average molecular weight is 288 g/mol. The Hall–Kier alpha value is -1.30. The van der Waals surface area contributed by atoms with Crippen LogP contribution in [0, 0.1) is 5.92 Å². The minimum atomic E-state index is -0.635. The number of hydrogen-bond donors (Lipinski definition) is 2. The van der Waals surface area contributed by atoms with Crippen molar-refractivity contribution in [3.63, 3.8) is 0 Å². The van der Waals surface area contributed by atoms with Crippen molar-refractivity contribution < 1.29 is 19.1 Å². The van der Waals surface area contributed by atoms with Crippen molar-refractivity contribution in [3.05, 3.63) is 0 Å². The zero-order valence-electron chi connectivity index (χ0n) is 13.6. The summed E-state index contributed by atoms with van der Waals surface area (Å²) in [5, 5.41) is 5.40. The molecule has 0 spiro atoms. The molecule has 0 aliphatic heterocycles. The summed E-state index contributed by atoms with van der Waals surface area (Å²) in [7, 11) is 1.57. The summed E-state index contributed by atoms with van der Waals surface area (Å²) < 4.78 is 10.1. The quantitative estimate of drug-likeness (QED) is 0.779. The van der Waals surface area contributed by atoms with Crippen LogP contribution in [0.5, 0.6) is 0 Å². The van der Waals surface area contributed by atoms with Gasteiger partial charge in [-0.2, -0.15) is 0 Å². The standard InChI is InChI=1S/C14H28N2O4/c1-9(2)11(12(17)15-10(3)8-19-7)16-13(18)20-14(4,5)6/h9-11H,8H2,1-7H3,(H,15,17)(H,16,18). The third kappa shape index (κ3) is 7.99. The number of ether oxygens (including phenoxy) is 2. The van der Waals surface area contributed by atoms with Crippen molar-refractivity contribution >= 4 is 12.0 Å². The van der Waals surface area contributed by atoms with Crippen molar-refractivity contribution in [2.75, 3.05) is 13.7 Å². The van der Waals surface area contributed by atoms with Crippen LogP contribution in [0.2, 0.25) is 0 Å². The molecule has 0 aromatic carbocycles. The van der Waals surface area contributed by atoms with Gasteiger partial charge in [-0.15, -0.1) is 0 Å². The fraction of sp³-hybridized carbons (Fsp3) is 0.857. The van der Waals surface area contributed by atoms with E-state index in [9.17, 15) is 9.59 Å². The molecule has 0 aliphatic rings. The summed E-state index contributed by atoms with van der Waals surface area (Å²) in [4.78, 5) is 23.9. The normalized spacial score (nSPS) is 14.6. The molecule has 2 N–H and O–H groups in total. The van der Waals surface area contributed by atoms with Gasteiger partial charge in [0.15, 0.2) is 0 Å². The van der Waals surface area contributed by atoms with Crippen molar-refractivity contribution in [1.82, 2.24) is 10.6 Å². The van der Waals surface area contributed by atoms with Crippen LogP contribution >= 0.6 is 0 Å². The van der Waals surface area contributed by atoms with E-state index in [1.165, 1.54) is 0 Å². The molecular weight excluding hydrogens is 260 g/mol. The molecule has 0 saturated carbocycles. The van der Waals surface area contributed by atoms with Gasteiger partial charge in [-0.1, -0.05) is 13.8 Å². The Morgan fingerprint density at radius 3 is 2.05 bits per heavy atom. The van der Waals surface area contributed by atoms with Gasteiger partial charge in [0.1, 0.15) is 11.6 Å². The molecule has 0 fully saturated rings. The van der Waals surface area contributed by atoms with E-state index in [0.29, 0.717) is 6.61 Å². The predicted octanol–water partition coefficient (Wildman–Crippen LogP) is 1.69. The van der Waals surface area contributed by atoms with Gasteiger partial charge >= 0.3 is 6.09 Å². The zero-order valence-corrected chi connectivity index (χ0v) is 13.6. The first-order valence-electron chi connectivity index (χ1n) is 6.85. The van der Waals surface area contributed by atoms with Crippen LogP contribution in [-0.2, 0) is 14.3 Å². The summed E-state index contributed by atoms with van der Waals surface area (Å²) in [6.45, 7) is 11.3. The predicted molar refractivity (Wildman–Crippen MR) is 77.5 cm³/mol. The van der Waals surface area contributed by atoms with Crippen LogP contribution in [0.25, 0.3) is 0 Å². The Morgan fingerprint density at radius 1 is 1.10 bits per heavy atom. The van der Waals surface area contributed by atoms with Gasteiger partial charge in [0.25, 0.3) is 0 Å². The lowest BCUT2D eigenvalue weighted by atomic mass is 10.0. The topological polar surface area (TPSA) is 76.7 Å². The van der Waals surface area contributed by atoms with Crippen LogP contribution in [0.4, 0.5) is 4.79 Å². The fourth-order valence-electron chi connectivity index (χ4n) is 1.59. The molecule has 0 aliphatic carbocycles. The minimum Gasteiger partial charge on any atom is -0.444 e. The minimum absolute atomic E-state index is 0.0442. The van der Waals surface area contributed by atoms with E-state index in [0.717, 1.165) is 0 Å². The summed E-state index contributed by atoms with van der Waals surface area (Å²) >= 11 is 0. The van der Waals surface area contributed by atoms with Gasteiger partial charge in [-0.3, -0.25) is 4.79 Å². The van der Waals surface area contributed by atoms with Crippen molar-refractivity contribution in [3.8, 4) is 0 Å². The molecule has 118 valence electrons. The molecular formula is C14H28N2O4. The number of nitrogens with one attached hydrogen (secondary N) is 2. The maximum absolute atomic E-state index is 12.1. The van der Waals surface area contributed by atoms with Gasteiger partial charge in [-0.05, 0) is 33.6 Å². The monoisotopic (exact) mass is 288 g/mol. The van der Waals surface area contributed by atoms with E-state index < -0.39 is 17.7 Å². The van der Waals surface area contributed by atoms with Crippen LogP contribution in [-0.4, -0.2) is 43.4 Å². The molecule has 0 heterocycles. The SMILES string of the molecule is COCC(C)NC(=O)C(NC(=O)OC(C)(C)C)C(C)C. The maximum Gasteiger partial charge on any atom is 0.408 e. The Labute approximate surface area is 121 Å². The van der Waals surface area contributed by atoms with Crippen LogP contribution in [0.1, 0.15) is 41.5 Å². The second kappa shape index (κ2) is 8.09. The molecule has 6 nitrogen and oxygen atoms in total. The van der Waals surface area contributed by atoms with E-state index in [1.807, 2.05) is 20.8 Å². The smallest absolute Gasteiger partial charge is 0.408 e. The third-order valence-electron chi connectivity index (χ3n) is 2.43. The highest BCUT2D eigenvalue weighted by atomic mass is 16.6. The largest absolute Gasteiger partial charge is 0.444 e. The fourth-order valence-corrected chi connectivity index (χ4v) is 1.59. The molecule has 0 saturated heterocycles. The third-order valence-corrected chi connectivity index (χ3v) is 2.43. The lowest BCUT2D eigenvalue weighted by molar-refractivity contribution is -0.125. The number of alkyl carbamates (subject to hydrolysis) is 1. The zero-order chi connectivity index (χ0) is 15.9. The molecule has 20 heavy (non-hydrogen) atoms. The number of carbonyl (C=O) groups excluding carboxylic acids is 2. The first-order valence-corrected chi connectivity index (χ1v) is 6.85. The molecule has 0 aromatic rings. The Balaban J connectivity index is 4.57. The van der Waals surface area contributed by atoms with Crippen LogP contribution in [0.15, 0.2) is 0 Å².